The van der Waals surface area contributed by atoms with E-state index in [1.54, 1.807) is 27.8 Å². The topological polar surface area (TPSA) is 77.9 Å². The molecule has 9 heteroatoms. The van der Waals surface area contributed by atoms with Crippen LogP contribution in [0, 0.1) is 0 Å². The molecule has 1 fully saturated rings. The number of halogens is 2. The van der Waals surface area contributed by atoms with Gasteiger partial charge < -0.3 is 4.90 Å². The average Bonchev–Trinajstić information content (AvgIpc) is 2.15. The Morgan fingerprint density at radius 2 is 2.00 bits per heavy atom. The number of carbonyl (C=O) groups excluding carboxylic acids is 1. The van der Waals surface area contributed by atoms with Gasteiger partial charge in [-0.25, -0.2) is 0 Å². The minimum Gasteiger partial charge on any atom is -0.343 e. The number of piperidine rings is 1. The van der Waals surface area contributed by atoms with Gasteiger partial charge in [-0.15, -0.1) is 0 Å². The van der Waals surface area contributed by atoms with Crippen molar-refractivity contribution in [3.8, 4) is 0 Å². The lowest BCUT2D eigenvalue weighted by atomic mass is 9.90. The second kappa shape index (κ2) is 5.55. The van der Waals surface area contributed by atoms with E-state index < -0.39 is 21.4 Å². The van der Waals surface area contributed by atoms with Crippen LogP contribution < -0.4 is 0 Å². The molecule has 17 heavy (non-hydrogen) atoms. The van der Waals surface area contributed by atoms with Gasteiger partial charge in [0.1, 0.15) is 0 Å². The fraction of sp³-hybridized carbons (Fsp3) is 0.875. The van der Waals surface area contributed by atoms with Crippen molar-refractivity contribution in [3.63, 3.8) is 0 Å². The third-order valence-electron chi connectivity index (χ3n) is 2.95. The van der Waals surface area contributed by atoms with Crippen molar-refractivity contribution in [2.24, 2.45) is 0 Å². The van der Waals surface area contributed by atoms with Gasteiger partial charge in [0.15, 0.2) is 0 Å². The summed E-state index contributed by atoms with van der Waals surface area (Å²) in [6.45, 7) is 2.35. The Bertz CT molecular complexity index is 392. The predicted molar refractivity (Wildman–Crippen MR) is 72.3 cm³/mol. The van der Waals surface area contributed by atoms with Crippen molar-refractivity contribution < 1.29 is 17.8 Å². The standard InChI is InChI=1S/C8H14ClIN2O4S/c1-7(13)11-4-2-8(3-5-11,12(9)10)6-17(14,15)16/h2-6H2,1H3,(H,14,15,16). The predicted octanol–water partition coefficient (Wildman–Crippen LogP) is 1.06. The van der Waals surface area contributed by atoms with Crippen LogP contribution in [-0.2, 0) is 14.9 Å². The Balaban J connectivity index is 2.81. The molecule has 6 nitrogen and oxygen atoms in total. The molecule has 0 spiro atoms. The molecule has 1 heterocycles. The van der Waals surface area contributed by atoms with Crippen molar-refractivity contribution in [2.45, 2.75) is 25.3 Å². The average molecular weight is 397 g/mol. The highest BCUT2D eigenvalue weighted by Gasteiger charge is 2.42. The zero-order valence-electron chi connectivity index (χ0n) is 9.27. The fourth-order valence-corrected chi connectivity index (χ4v) is 4.22. The van der Waals surface area contributed by atoms with Crippen LogP contribution in [0.4, 0.5) is 0 Å². The number of rotatable bonds is 3. The van der Waals surface area contributed by atoms with Crippen LogP contribution in [0.1, 0.15) is 19.8 Å². The van der Waals surface area contributed by atoms with Crippen LogP contribution in [0.15, 0.2) is 0 Å². The molecule has 1 amide bonds. The van der Waals surface area contributed by atoms with Gasteiger partial charge in [0.2, 0.25) is 5.91 Å². The quantitative estimate of drug-likeness (QED) is 0.438. The minimum absolute atomic E-state index is 0.0416. The summed E-state index contributed by atoms with van der Waals surface area (Å²) in [6.07, 6.45) is 0.831. The van der Waals surface area contributed by atoms with E-state index in [2.05, 4.69) is 0 Å². The number of likely N-dealkylation sites (tertiary alicyclic amines) is 1. The number of hydrogen-bond acceptors (Lipinski definition) is 4. The molecule has 0 aromatic rings. The summed E-state index contributed by atoms with van der Waals surface area (Å²) in [5, 5.41) is 0. The Morgan fingerprint density at radius 3 is 2.29 bits per heavy atom. The van der Waals surface area contributed by atoms with Crippen molar-refractivity contribution in [1.29, 1.82) is 0 Å². The monoisotopic (exact) mass is 396 g/mol. The van der Waals surface area contributed by atoms with E-state index in [0.29, 0.717) is 25.9 Å². The van der Waals surface area contributed by atoms with Gasteiger partial charge in [-0.05, 0) is 24.6 Å². The Morgan fingerprint density at radius 1 is 1.53 bits per heavy atom. The van der Waals surface area contributed by atoms with Crippen LogP contribution in [-0.4, -0.2) is 50.8 Å². The van der Waals surface area contributed by atoms with Gasteiger partial charge in [0.05, 0.1) is 11.3 Å². The first-order chi connectivity index (χ1) is 7.66. The molecule has 0 atom stereocenters. The highest BCUT2D eigenvalue weighted by molar-refractivity contribution is 14.1. The first-order valence-corrected chi connectivity index (χ1v) is 7.90. The molecule has 0 unspecified atom stereocenters. The third kappa shape index (κ3) is 4.19. The summed E-state index contributed by atoms with van der Waals surface area (Å²) in [5.74, 6) is -0.460. The lowest BCUT2D eigenvalue weighted by Crippen LogP contribution is -2.53. The molecule has 0 saturated carbocycles. The highest BCUT2D eigenvalue weighted by atomic mass is 127. The summed E-state index contributed by atoms with van der Waals surface area (Å²) < 4.78 is 32.3. The van der Waals surface area contributed by atoms with Crippen LogP contribution in [0.5, 0.6) is 0 Å². The van der Waals surface area contributed by atoms with Gasteiger partial charge in [-0.3, -0.25) is 9.35 Å². The number of carbonyl (C=O) groups is 1. The summed E-state index contributed by atoms with van der Waals surface area (Å²) >= 11 is 7.69. The van der Waals surface area contributed by atoms with Crippen molar-refractivity contribution in [1.82, 2.24) is 7.53 Å². The molecular formula is C8H14ClIN2O4S. The largest absolute Gasteiger partial charge is 0.343 e. The van der Waals surface area contributed by atoms with E-state index >= 15 is 0 Å². The number of hydrogen-bond donors (Lipinski definition) is 1. The van der Waals surface area contributed by atoms with E-state index in [9.17, 15) is 13.2 Å². The SMILES string of the molecule is CC(=O)N1CCC(CS(=O)(=O)O)(N(Cl)I)CC1. The molecule has 1 saturated heterocycles. The molecule has 0 radical (unpaired) electrons. The van der Waals surface area contributed by atoms with E-state index in [4.69, 9.17) is 16.3 Å². The maximum atomic E-state index is 11.2. The summed E-state index contributed by atoms with van der Waals surface area (Å²) in [6, 6.07) is 0. The molecule has 0 aromatic carbocycles. The summed E-state index contributed by atoms with van der Waals surface area (Å²) in [4.78, 5) is 12.8. The van der Waals surface area contributed by atoms with Gasteiger partial charge in [-0.2, -0.15) is 11.1 Å². The molecule has 1 aliphatic heterocycles. The van der Waals surface area contributed by atoms with Crippen molar-refractivity contribution in [3.05, 3.63) is 0 Å². The minimum atomic E-state index is -4.10. The second-order valence-corrected chi connectivity index (χ2v) is 7.52. The Kier molecular flexibility index (Phi) is 5.04. The lowest BCUT2D eigenvalue weighted by Gasteiger charge is -2.42. The lowest BCUT2D eigenvalue weighted by molar-refractivity contribution is -0.130. The molecule has 100 valence electrons. The van der Waals surface area contributed by atoms with Gasteiger partial charge in [0.25, 0.3) is 10.1 Å². The van der Waals surface area contributed by atoms with Crippen LogP contribution >= 0.6 is 34.6 Å². The first-order valence-electron chi connectivity index (χ1n) is 4.99. The Hall–Kier alpha value is 0.360. The molecular weight excluding hydrogens is 383 g/mol. The van der Waals surface area contributed by atoms with Crippen molar-refractivity contribution >= 4 is 50.7 Å². The van der Waals surface area contributed by atoms with Crippen LogP contribution in [0.25, 0.3) is 0 Å². The molecule has 0 aromatic heterocycles. The van der Waals surface area contributed by atoms with Gasteiger partial charge >= 0.3 is 0 Å². The molecule has 0 aliphatic carbocycles. The molecule has 1 aliphatic rings. The molecule has 1 rings (SSSR count). The molecule has 1 N–H and O–H groups in total. The van der Waals surface area contributed by atoms with E-state index in [1.165, 1.54) is 9.56 Å². The van der Waals surface area contributed by atoms with Gasteiger partial charge in [-0.1, -0.05) is 0 Å². The van der Waals surface area contributed by atoms with Gasteiger partial charge in [0, 0.05) is 42.9 Å². The maximum Gasteiger partial charge on any atom is 0.266 e. The Labute approximate surface area is 120 Å². The number of nitrogens with zero attached hydrogens (tertiary/aromatic N) is 2. The highest BCUT2D eigenvalue weighted by Crippen LogP contribution is 2.34. The van der Waals surface area contributed by atoms with E-state index in [-0.39, 0.29) is 5.91 Å². The van der Waals surface area contributed by atoms with Crippen LogP contribution in [0.3, 0.4) is 0 Å². The smallest absolute Gasteiger partial charge is 0.266 e. The normalized spacial score (nSPS) is 20.6. The van der Waals surface area contributed by atoms with E-state index in [1.807, 2.05) is 0 Å². The molecule has 0 bridgehead atoms. The summed E-state index contributed by atoms with van der Waals surface area (Å²) in [7, 11) is -4.10. The fourth-order valence-electron chi connectivity index (χ4n) is 1.94. The van der Waals surface area contributed by atoms with Crippen molar-refractivity contribution in [2.75, 3.05) is 18.8 Å². The summed E-state index contributed by atoms with van der Waals surface area (Å²) in [5.41, 5.74) is -0.818. The van der Waals surface area contributed by atoms with E-state index in [0.717, 1.165) is 0 Å². The number of amides is 1. The third-order valence-corrected chi connectivity index (χ3v) is 5.23. The van der Waals surface area contributed by atoms with Crippen LogP contribution in [0.2, 0.25) is 0 Å². The zero-order valence-corrected chi connectivity index (χ0v) is 13.0. The zero-order chi connectivity index (χ0) is 13.3. The first kappa shape index (κ1) is 15.4. The second-order valence-electron chi connectivity index (χ2n) is 4.19. The maximum absolute atomic E-state index is 11.2.